The van der Waals surface area contributed by atoms with Gasteiger partial charge in [-0.15, -0.1) is 0 Å². The molecule has 0 saturated carbocycles. The van der Waals surface area contributed by atoms with Gasteiger partial charge in [0.1, 0.15) is 5.75 Å². The van der Waals surface area contributed by atoms with Crippen molar-refractivity contribution in [3.05, 3.63) is 64.8 Å². The van der Waals surface area contributed by atoms with Crippen LogP contribution in [-0.4, -0.2) is 11.7 Å². The highest BCUT2D eigenvalue weighted by Gasteiger charge is 2.10. The highest BCUT2D eigenvalue weighted by atomic mass is 35.5. The summed E-state index contributed by atoms with van der Waals surface area (Å²) >= 11 is 6.14. The van der Waals surface area contributed by atoms with Crippen molar-refractivity contribution >= 4 is 22.5 Å². The van der Waals surface area contributed by atoms with Crippen molar-refractivity contribution in [1.29, 1.82) is 0 Å². The number of methoxy groups -OCH3 is 1. The monoisotopic (exact) mass is 300 g/mol. The van der Waals surface area contributed by atoms with Crippen molar-refractivity contribution in [2.24, 2.45) is 5.73 Å². The number of hydrogen-bond donors (Lipinski definition) is 1. The molecule has 1 aromatic heterocycles. The Morgan fingerprint density at radius 2 is 1.95 bits per heavy atom. The van der Waals surface area contributed by atoms with Gasteiger partial charge in [0.05, 0.1) is 19.2 Å². The Hall–Kier alpha value is -1.97. The highest BCUT2D eigenvalue weighted by molar-refractivity contribution is 6.31. The normalized spacial score (nSPS) is 11.0. The Kier molecular flexibility index (Phi) is 3.86. The van der Waals surface area contributed by atoms with Crippen LogP contribution in [0.2, 0.25) is 5.02 Å². The molecule has 3 aromatic rings. The summed E-state index contributed by atoms with van der Waals surface area (Å²) in [5.74, 6) is 0.885. The standard InChI is InChI=1S/C17H17ClN2O/c1-21-17-5-3-2-4-12(17)10-20-11-13(9-19)15-7-6-14(18)8-16(15)20/h2-8,11H,9-10,19H2,1H3. The highest BCUT2D eigenvalue weighted by Crippen LogP contribution is 2.27. The summed E-state index contributed by atoms with van der Waals surface area (Å²) < 4.78 is 7.59. The van der Waals surface area contributed by atoms with Crippen molar-refractivity contribution in [3.8, 4) is 5.75 Å². The first-order chi connectivity index (χ1) is 10.2. The second kappa shape index (κ2) is 5.80. The van der Waals surface area contributed by atoms with Crippen LogP contribution >= 0.6 is 11.6 Å². The maximum atomic E-state index is 6.14. The maximum Gasteiger partial charge on any atom is 0.123 e. The molecule has 0 fully saturated rings. The van der Waals surface area contributed by atoms with Crippen LogP contribution in [0.3, 0.4) is 0 Å². The minimum absolute atomic E-state index is 0.511. The quantitative estimate of drug-likeness (QED) is 0.796. The predicted octanol–water partition coefficient (Wildman–Crippen LogP) is 3.81. The summed E-state index contributed by atoms with van der Waals surface area (Å²) in [6.45, 7) is 1.23. The summed E-state index contributed by atoms with van der Waals surface area (Å²) in [5.41, 5.74) is 9.18. The molecule has 0 aliphatic rings. The Balaban J connectivity index is 2.10. The third-order valence-corrected chi connectivity index (χ3v) is 3.92. The van der Waals surface area contributed by atoms with Crippen molar-refractivity contribution in [2.45, 2.75) is 13.1 Å². The molecule has 2 N–H and O–H groups in total. The number of nitrogens with zero attached hydrogens (tertiary/aromatic N) is 1. The van der Waals surface area contributed by atoms with Crippen molar-refractivity contribution in [3.63, 3.8) is 0 Å². The second-order valence-electron chi connectivity index (χ2n) is 4.96. The molecule has 108 valence electrons. The van der Waals surface area contributed by atoms with Crippen molar-refractivity contribution in [1.82, 2.24) is 4.57 Å². The first kappa shape index (κ1) is 14.0. The Morgan fingerprint density at radius 3 is 2.71 bits per heavy atom. The molecule has 2 aromatic carbocycles. The van der Waals surface area contributed by atoms with Gasteiger partial charge in [0.15, 0.2) is 0 Å². The lowest BCUT2D eigenvalue weighted by molar-refractivity contribution is 0.408. The van der Waals surface area contributed by atoms with Crippen LogP contribution in [0.25, 0.3) is 10.9 Å². The van der Waals surface area contributed by atoms with Crippen LogP contribution in [0.1, 0.15) is 11.1 Å². The van der Waals surface area contributed by atoms with E-state index < -0.39 is 0 Å². The number of fused-ring (bicyclic) bond motifs is 1. The molecule has 0 radical (unpaired) electrons. The van der Waals surface area contributed by atoms with E-state index in [1.807, 2.05) is 36.4 Å². The lowest BCUT2D eigenvalue weighted by atomic mass is 10.2. The summed E-state index contributed by atoms with van der Waals surface area (Å²) in [6, 6.07) is 13.9. The van der Waals surface area contributed by atoms with Gasteiger partial charge in [0.2, 0.25) is 0 Å². The van der Waals surface area contributed by atoms with E-state index in [0.717, 1.165) is 39.3 Å². The third-order valence-electron chi connectivity index (χ3n) is 3.68. The number of halogens is 1. The summed E-state index contributed by atoms with van der Waals surface area (Å²) in [4.78, 5) is 0. The molecular weight excluding hydrogens is 284 g/mol. The zero-order valence-corrected chi connectivity index (χ0v) is 12.6. The molecule has 1 heterocycles. The molecule has 0 bridgehead atoms. The van der Waals surface area contributed by atoms with Crippen LogP contribution in [0.4, 0.5) is 0 Å². The van der Waals surface area contributed by atoms with Gasteiger partial charge in [-0.3, -0.25) is 0 Å². The van der Waals surface area contributed by atoms with E-state index >= 15 is 0 Å². The molecule has 3 nitrogen and oxygen atoms in total. The maximum absolute atomic E-state index is 6.14. The molecule has 0 unspecified atom stereocenters. The van der Waals surface area contributed by atoms with Gasteiger partial charge in [-0.25, -0.2) is 0 Å². The fourth-order valence-electron chi connectivity index (χ4n) is 2.65. The fraction of sp³-hybridized carbons (Fsp3) is 0.176. The average molecular weight is 301 g/mol. The number of benzene rings is 2. The van der Waals surface area contributed by atoms with E-state index in [2.05, 4.69) is 16.8 Å². The van der Waals surface area contributed by atoms with Gasteiger partial charge in [-0.05, 0) is 23.8 Å². The van der Waals surface area contributed by atoms with Gasteiger partial charge in [0, 0.05) is 28.7 Å². The summed E-state index contributed by atoms with van der Waals surface area (Å²) in [6.07, 6.45) is 2.09. The molecule has 21 heavy (non-hydrogen) atoms. The lowest BCUT2D eigenvalue weighted by Gasteiger charge is -2.10. The molecule has 3 rings (SSSR count). The molecule has 0 aliphatic heterocycles. The zero-order valence-electron chi connectivity index (χ0n) is 11.8. The van der Waals surface area contributed by atoms with Gasteiger partial charge >= 0.3 is 0 Å². The molecular formula is C17H17ClN2O. The number of nitrogens with two attached hydrogens (primary N) is 1. The number of hydrogen-bond acceptors (Lipinski definition) is 2. The fourth-order valence-corrected chi connectivity index (χ4v) is 2.82. The van der Waals surface area contributed by atoms with E-state index in [0.29, 0.717) is 6.54 Å². The zero-order chi connectivity index (χ0) is 14.8. The average Bonchev–Trinajstić information content (AvgIpc) is 2.85. The molecule has 0 atom stereocenters. The van der Waals surface area contributed by atoms with E-state index in [-0.39, 0.29) is 0 Å². The Labute approximate surface area is 128 Å². The lowest BCUT2D eigenvalue weighted by Crippen LogP contribution is -2.01. The Morgan fingerprint density at radius 1 is 1.14 bits per heavy atom. The first-order valence-corrected chi connectivity index (χ1v) is 7.20. The smallest absolute Gasteiger partial charge is 0.123 e. The minimum atomic E-state index is 0.511. The molecule has 0 saturated heterocycles. The molecule has 0 spiro atoms. The number of aromatic nitrogens is 1. The van der Waals surface area contributed by atoms with Crippen LogP contribution in [0.5, 0.6) is 5.75 Å². The van der Waals surface area contributed by atoms with E-state index in [1.165, 1.54) is 0 Å². The van der Waals surface area contributed by atoms with Crippen molar-refractivity contribution < 1.29 is 4.74 Å². The Bertz CT molecular complexity index is 780. The minimum Gasteiger partial charge on any atom is -0.496 e. The number of rotatable bonds is 4. The molecule has 0 aliphatic carbocycles. The SMILES string of the molecule is COc1ccccc1Cn1cc(CN)c2ccc(Cl)cc21. The van der Waals surface area contributed by atoms with Gasteiger partial charge in [0.25, 0.3) is 0 Å². The molecule has 4 heteroatoms. The largest absolute Gasteiger partial charge is 0.496 e. The van der Waals surface area contributed by atoms with Crippen LogP contribution in [0.15, 0.2) is 48.7 Å². The van der Waals surface area contributed by atoms with Gasteiger partial charge in [-0.2, -0.15) is 0 Å². The van der Waals surface area contributed by atoms with Gasteiger partial charge < -0.3 is 15.0 Å². The summed E-state index contributed by atoms with van der Waals surface area (Å²) in [5, 5.41) is 1.88. The van der Waals surface area contributed by atoms with Crippen LogP contribution < -0.4 is 10.5 Å². The van der Waals surface area contributed by atoms with Crippen LogP contribution in [-0.2, 0) is 13.1 Å². The second-order valence-corrected chi connectivity index (χ2v) is 5.40. The molecule has 0 amide bonds. The topological polar surface area (TPSA) is 40.2 Å². The number of para-hydroxylation sites is 1. The van der Waals surface area contributed by atoms with Crippen LogP contribution in [0, 0.1) is 0 Å². The van der Waals surface area contributed by atoms with E-state index in [4.69, 9.17) is 22.1 Å². The third kappa shape index (κ3) is 2.62. The van der Waals surface area contributed by atoms with Crippen molar-refractivity contribution in [2.75, 3.05) is 7.11 Å². The van der Waals surface area contributed by atoms with E-state index in [9.17, 15) is 0 Å². The number of ether oxygens (including phenoxy) is 1. The summed E-state index contributed by atoms with van der Waals surface area (Å²) in [7, 11) is 1.69. The first-order valence-electron chi connectivity index (χ1n) is 6.82. The van der Waals surface area contributed by atoms with Gasteiger partial charge in [-0.1, -0.05) is 35.9 Å². The van der Waals surface area contributed by atoms with E-state index in [1.54, 1.807) is 7.11 Å². The predicted molar refractivity (Wildman–Crippen MR) is 86.9 cm³/mol.